The summed E-state index contributed by atoms with van der Waals surface area (Å²) >= 11 is 0. The largest absolute Gasteiger partial charge is 0.466 e. The molecule has 0 aliphatic heterocycles. The van der Waals surface area contributed by atoms with E-state index in [0.717, 1.165) is 12.8 Å². The van der Waals surface area contributed by atoms with Crippen LogP contribution in [-0.4, -0.2) is 18.6 Å². The number of esters is 1. The summed E-state index contributed by atoms with van der Waals surface area (Å²) in [7, 11) is 0. The van der Waals surface area contributed by atoms with E-state index in [2.05, 4.69) is 6.92 Å². The lowest BCUT2D eigenvalue weighted by Gasteiger charge is -2.09. The Bertz CT molecular complexity index is 142. The average molecular weight is 224 g/mol. The summed E-state index contributed by atoms with van der Waals surface area (Å²) in [6.45, 7) is 4.40. The van der Waals surface area contributed by atoms with Gasteiger partial charge in [0.2, 0.25) is 0 Å². The van der Waals surface area contributed by atoms with Crippen molar-refractivity contribution >= 4 is 18.4 Å². The SMILES string of the molecule is CCCCC[C@H](N)CC(=O)OCC.Cl. The Labute approximate surface area is 92.8 Å². The van der Waals surface area contributed by atoms with E-state index in [1.54, 1.807) is 6.92 Å². The molecule has 0 spiro atoms. The standard InChI is InChI=1S/C10H21NO2.ClH/c1-3-5-6-7-9(11)8-10(12)13-4-2;/h9H,3-8,11H2,1-2H3;1H/t9-;/m0./s1. The van der Waals surface area contributed by atoms with Crippen LogP contribution in [0.4, 0.5) is 0 Å². The number of ether oxygens (including phenoxy) is 1. The van der Waals surface area contributed by atoms with Gasteiger partial charge in [-0.25, -0.2) is 0 Å². The summed E-state index contributed by atoms with van der Waals surface area (Å²) in [4.78, 5) is 11.0. The van der Waals surface area contributed by atoms with E-state index in [9.17, 15) is 4.79 Å². The van der Waals surface area contributed by atoms with E-state index < -0.39 is 0 Å². The highest BCUT2D eigenvalue weighted by Gasteiger charge is 2.09. The second-order valence-corrected chi connectivity index (χ2v) is 3.27. The fourth-order valence-electron chi connectivity index (χ4n) is 1.19. The van der Waals surface area contributed by atoms with Gasteiger partial charge in [0.15, 0.2) is 0 Å². The molecule has 2 N–H and O–H groups in total. The lowest BCUT2D eigenvalue weighted by atomic mass is 10.1. The van der Waals surface area contributed by atoms with Gasteiger partial charge in [0.1, 0.15) is 0 Å². The molecule has 86 valence electrons. The Morgan fingerprint density at radius 3 is 2.50 bits per heavy atom. The number of nitrogens with two attached hydrogens (primary N) is 1. The van der Waals surface area contributed by atoms with Crippen molar-refractivity contribution in [3.05, 3.63) is 0 Å². The monoisotopic (exact) mass is 223 g/mol. The van der Waals surface area contributed by atoms with Crippen molar-refractivity contribution in [1.82, 2.24) is 0 Å². The molecule has 1 atom stereocenters. The molecule has 0 aromatic heterocycles. The topological polar surface area (TPSA) is 52.3 Å². The molecule has 0 rings (SSSR count). The number of unbranched alkanes of at least 4 members (excludes halogenated alkanes) is 2. The molecule has 0 saturated carbocycles. The lowest BCUT2D eigenvalue weighted by molar-refractivity contribution is -0.143. The highest BCUT2D eigenvalue weighted by molar-refractivity contribution is 5.85. The molecule has 3 nitrogen and oxygen atoms in total. The Balaban J connectivity index is 0. The van der Waals surface area contributed by atoms with Crippen molar-refractivity contribution < 1.29 is 9.53 Å². The van der Waals surface area contributed by atoms with Crippen molar-refractivity contribution in [3.8, 4) is 0 Å². The Morgan fingerprint density at radius 1 is 1.36 bits per heavy atom. The first-order chi connectivity index (χ1) is 6.20. The van der Waals surface area contributed by atoms with Crippen LogP contribution in [0.3, 0.4) is 0 Å². The third-order valence-corrected chi connectivity index (χ3v) is 1.91. The molecule has 0 bridgehead atoms. The van der Waals surface area contributed by atoms with Crippen molar-refractivity contribution in [1.29, 1.82) is 0 Å². The first-order valence-corrected chi connectivity index (χ1v) is 5.11. The summed E-state index contributed by atoms with van der Waals surface area (Å²) in [5.41, 5.74) is 5.74. The maximum atomic E-state index is 11.0. The summed E-state index contributed by atoms with van der Waals surface area (Å²) < 4.78 is 4.80. The van der Waals surface area contributed by atoms with Crippen molar-refractivity contribution in [2.75, 3.05) is 6.61 Å². The first kappa shape index (κ1) is 16.2. The molecule has 0 aromatic rings. The van der Waals surface area contributed by atoms with Crippen LogP contribution in [-0.2, 0) is 9.53 Å². The van der Waals surface area contributed by atoms with Crippen molar-refractivity contribution in [2.45, 2.75) is 52.0 Å². The van der Waals surface area contributed by atoms with Gasteiger partial charge < -0.3 is 10.5 Å². The third kappa shape index (κ3) is 9.81. The highest BCUT2D eigenvalue weighted by Crippen LogP contribution is 2.04. The number of carbonyl (C=O) groups excluding carboxylic acids is 1. The molecule has 0 amide bonds. The van der Waals surface area contributed by atoms with Crippen LogP contribution in [0.2, 0.25) is 0 Å². The minimum atomic E-state index is -0.175. The van der Waals surface area contributed by atoms with Gasteiger partial charge in [-0.1, -0.05) is 26.2 Å². The average Bonchev–Trinajstić information content (AvgIpc) is 2.05. The number of rotatable bonds is 7. The van der Waals surface area contributed by atoms with Crippen LogP contribution < -0.4 is 5.73 Å². The molecule has 0 aliphatic carbocycles. The van der Waals surface area contributed by atoms with Gasteiger partial charge >= 0.3 is 5.97 Å². The van der Waals surface area contributed by atoms with E-state index in [1.807, 2.05) is 0 Å². The maximum Gasteiger partial charge on any atom is 0.307 e. The van der Waals surface area contributed by atoms with Crippen LogP contribution >= 0.6 is 12.4 Å². The first-order valence-electron chi connectivity index (χ1n) is 5.11. The molecule has 0 fully saturated rings. The predicted molar refractivity (Wildman–Crippen MR) is 60.6 cm³/mol. The fourth-order valence-corrected chi connectivity index (χ4v) is 1.19. The van der Waals surface area contributed by atoms with Gasteiger partial charge in [-0.15, -0.1) is 12.4 Å². The molecule has 0 aliphatic rings. The molecule has 4 heteroatoms. The second-order valence-electron chi connectivity index (χ2n) is 3.27. The summed E-state index contributed by atoms with van der Waals surface area (Å²) in [6.07, 6.45) is 4.77. The minimum absolute atomic E-state index is 0. The molecular weight excluding hydrogens is 202 g/mol. The molecule has 14 heavy (non-hydrogen) atoms. The van der Waals surface area contributed by atoms with Gasteiger partial charge in [-0.05, 0) is 13.3 Å². The van der Waals surface area contributed by atoms with Gasteiger partial charge in [-0.2, -0.15) is 0 Å². The summed E-state index contributed by atoms with van der Waals surface area (Å²) in [6, 6.07) is -0.0226. The zero-order valence-corrected chi connectivity index (χ0v) is 9.94. The molecule has 0 saturated heterocycles. The summed E-state index contributed by atoms with van der Waals surface area (Å²) in [5.74, 6) is -0.175. The second kappa shape index (κ2) is 10.8. The normalized spacial score (nSPS) is 11.6. The van der Waals surface area contributed by atoms with E-state index in [4.69, 9.17) is 10.5 Å². The van der Waals surface area contributed by atoms with Crippen LogP contribution in [0, 0.1) is 0 Å². The zero-order valence-electron chi connectivity index (χ0n) is 9.12. The third-order valence-electron chi connectivity index (χ3n) is 1.91. The minimum Gasteiger partial charge on any atom is -0.466 e. The lowest BCUT2D eigenvalue weighted by Crippen LogP contribution is -2.24. The van der Waals surface area contributed by atoms with Crippen molar-refractivity contribution in [3.63, 3.8) is 0 Å². The highest BCUT2D eigenvalue weighted by atomic mass is 35.5. The van der Waals surface area contributed by atoms with Gasteiger partial charge in [0.25, 0.3) is 0 Å². The molecule has 0 heterocycles. The van der Waals surface area contributed by atoms with E-state index in [0.29, 0.717) is 13.0 Å². The molecule has 0 aromatic carbocycles. The van der Waals surface area contributed by atoms with Crippen LogP contribution in [0.25, 0.3) is 0 Å². The maximum absolute atomic E-state index is 11.0. The molecular formula is C10H22ClNO2. The van der Waals surface area contributed by atoms with Crippen LogP contribution in [0.15, 0.2) is 0 Å². The van der Waals surface area contributed by atoms with Crippen LogP contribution in [0.1, 0.15) is 46.0 Å². The van der Waals surface area contributed by atoms with E-state index in [-0.39, 0.29) is 24.4 Å². The van der Waals surface area contributed by atoms with Gasteiger partial charge in [0, 0.05) is 6.04 Å². The zero-order chi connectivity index (χ0) is 10.1. The summed E-state index contributed by atoms with van der Waals surface area (Å²) in [5, 5.41) is 0. The quantitative estimate of drug-likeness (QED) is 0.532. The number of halogens is 1. The number of carbonyl (C=O) groups is 1. The Hall–Kier alpha value is -0.280. The Morgan fingerprint density at radius 2 is 2.00 bits per heavy atom. The van der Waals surface area contributed by atoms with Crippen LogP contribution in [0.5, 0.6) is 0 Å². The van der Waals surface area contributed by atoms with Crippen molar-refractivity contribution in [2.24, 2.45) is 5.73 Å². The molecule has 0 radical (unpaired) electrons. The molecule has 0 unspecified atom stereocenters. The number of hydrogen-bond donors (Lipinski definition) is 1. The fraction of sp³-hybridized carbons (Fsp3) is 0.900. The Kier molecular flexibility index (Phi) is 12.5. The number of hydrogen-bond acceptors (Lipinski definition) is 3. The van der Waals surface area contributed by atoms with E-state index in [1.165, 1.54) is 12.8 Å². The predicted octanol–water partition coefficient (Wildman–Crippen LogP) is 2.27. The smallest absolute Gasteiger partial charge is 0.307 e. The van der Waals surface area contributed by atoms with Gasteiger partial charge in [-0.3, -0.25) is 4.79 Å². The van der Waals surface area contributed by atoms with Gasteiger partial charge in [0.05, 0.1) is 13.0 Å². The van der Waals surface area contributed by atoms with E-state index >= 15 is 0 Å².